The lowest BCUT2D eigenvalue weighted by Gasteiger charge is -2.25. The van der Waals surface area contributed by atoms with Crippen molar-refractivity contribution in [3.05, 3.63) is 69.8 Å². The van der Waals surface area contributed by atoms with Gasteiger partial charge in [0.25, 0.3) is 5.91 Å². The summed E-state index contributed by atoms with van der Waals surface area (Å²) in [5, 5.41) is 13.7. The van der Waals surface area contributed by atoms with Crippen molar-refractivity contribution in [2.45, 2.75) is 18.9 Å². The zero-order valence-corrected chi connectivity index (χ0v) is 15.5. The normalized spacial score (nSPS) is 15.9. The van der Waals surface area contributed by atoms with Gasteiger partial charge in [-0.05, 0) is 30.5 Å². The van der Waals surface area contributed by atoms with Crippen LogP contribution in [0.2, 0.25) is 0 Å². The molecule has 0 spiro atoms. The van der Waals surface area contributed by atoms with E-state index >= 15 is 0 Å². The third-order valence-electron chi connectivity index (χ3n) is 4.80. The third kappa shape index (κ3) is 4.11. The molecule has 28 heavy (non-hydrogen) atoms. The van der Waals surface area contributed by atoms with E-state index in [-0.39, 0.29) is 35.5 Å². The number of nitro benzene ring substituents is 1. The number of hydrogen-bond donors (Lipinski definition) is 1. The molecule has 1 heterocycles. The van der Waals surface area contributed by atoms with Gasteiger partial charge in [0, 0.05) is 18.2 Å². The molecule has 0 saturated carbocycles. The Kier molecular flexibility index (Phi) is 5.88. The molecule has 0 aromatic heterocycles. The number of methoxy groups -OCH3 is 1. The summed E-state index contributed by atoms with van der Waals surface area (Å²) in [5.41, 5.74) is 0.872. The first-order valence-electron chi connectivity index (χ1n) is 8.96. The van der Waals surface area contributed by atoms with Crippen molar-refractivity contribution in [1.29, 1.82) is 0 Å². The van der Waals surface area contributed by atoms with E-state index < -0.39 is 10.8 Å². The van der Waals surface area contributed by atoms with E-state index in [2.05, 4.69) is 5.32 Å². The number of rotatable bonds is 6. The fraction of sp³-hybridized carbons (Fsp3) is 0.300. The Hall–Kier alpha value is -3.42. The fourth-order valence-corrected chi connectivity index (χ4v) is 3.42. The average Bonchev–Trinajstić information content (AvgIpc) is 3.22. The number of nitrogens with zero attached hydrogens (tertiary/aromatic N) is 2. The number of likely N-dealkylation sites (tertiary alicyclic amines) is 1. The molecular formula is C20H21N3O5. The monoisotopic (exact) mass is 383 g/mol. The highest BCUT2D eigenvalue weighted by Gasteiger charge is 2.30. The van der Waals surface area contributed by atoms with Gasteiger partial charge in [-0.25, -0.2) is 0 Å². The van der Waals surface area contributed by atoms with Crippen molar-refractivity contribution in [3.63, 3.8) is 0 Å². The molecule has 146 valence electrons. The van der Waals surface area contributed by atoms with Gasteiger partial charge in [0.1, 0.15) is 0 Å². The Balaban J connectivity index is 1.65. The largest absolute Gasteiger partial charge is 0.490 e. The smallest absolute Gasteiger partial charge is 0.311 e. The second kappa shape index (κ2) is 8.51. The molecule has 8 heteroatoms. The van der Waals surface area contributed by atoms with Crippen LogP contribution in [0.3, 0.4) is 0 Å². The van der Waals surface area contributed by atoms with Crippen molar-refractivity contribution in [2.75, 3.05) is 20.2 Å². The lowest BCUT2D eigenvalue weighted by Crippen LogP contribution is -2.39. The van der Waals surface area contributed by atoms with Crippen LogP contribution < -0.4 is 10.1 Å². The quantitative estimate of drug-likeness (QED) is 0.610. The van der Waals surface area contributed by atoms with Crippen molar-refractivity contribution < 1.29 is 19.2 Å². The van der Waals surface area contributed by atoms with E-state index in [1.54, 1.807) is 4.90 Å². The maximum Gasteiger partial charge on any atom is 0.311 e. The molecule has 1 unspecified atom stereocenters. The van der Waals surface area contributed by atoms with E-state index in [0.717, 1.165) is 24.5 Å². The Bertz CT molecular complexity index is 885. The van der Waals surface area contributed by atoms with Gasteiger partial charge in [-0.3, -0.25) is 19.7 Å². The van der Waals surface area contributed by atoms with Crippen molar-refractivity contribution in [1.82, 2.24) is 10.2 Å². The first kappa shape index (κ1) is 19.3. The molecule has 1 saturated heterocycles. The first-order chi connectivity index (χ1) is 13.5. The van der Waals surface area contributed by atoms with Gasteiger partial charge >= 0.3 is 5.69 Å². The van der Waals surface area contributed by atoms with Gasteiger partial charge in [-0.15, -0.1) is 0 Å². The van der Waals surface area contributed by atoms with Crippen LogP contribution in [-0.4, -0.2) is 41.8 Å². The minimum atomic E-state index is -0.616. The van der Waals surface area contributed by atoms with Crippen LogP contribution in [-0.2, 0) is 4.79 Å². The number of ether oxygens (including phenoxy) is 1. The summed E-state index contributed by atoms with van der Waals surface area (Å²) in [7, 11) is 1.32. The van der Waals surface area contributed by atoms with Crippen LogP contribution in [0.4, 0.5) is 5.69 Å². The second-order valence-corrected chi connectivity index (χ2v) is 6.48. The van der Waals surface area contributed by atoms with Crippen LogP contribution >= 0.6 is 0 Å². The van der Waals surface area contributed by atoms with Crippen molar-refractivity contribution in [2.24, 2.45) is 0 Å². The van der Waals surface area contributed by atoms with E-state index in [1.807, 2.05) is 30.3 Å². The van der Waals surface area contributed by atoms with Crippen molar-refractivity contribution in [3.8, 4) is 5.75 Å². The number of nitro groups is 1. The molecule has 2 amide bonds. The standard InChI is InChI=1S/C20H21N3O5/c1-28-18-10-9-15(12-17(18)23(26)27)20(25)21-13-19(24)22-11-5-8-16(22)14-6-3-2-4-7-14/h2-4,6-7,9-10,12,16H,5,8,11,13H2,1H3,(H,21,25). The number of carbonyl (C=O) groups excluding carboxylic acids is 2. The van der Waals surface area contributed by atoms with Gasteiger partial charge in [0.15, 0.2) is 5.75 Å². The lowest BCUT2D eigenvalue weighted by atomic mass is 10.0. The molecule has 0 radical (unpaired) electrons. The maximum absolute atomic E-state index is 12.6. The van der Waals surface area contributed by atoms with E-state index in [1.165, 1.54) is 19.2 Å². The number of amides is 2. The average molecular weight is 383 g/mol. The molecule has 1 atom stereocenters. The first-order valence-corrected chi connectivity index (χ1v) is 8.96. The summed E-state index contributed by atoms with van der Waals surface area (Å²) in [6, 6.07) is 13.7. The minimum absolute atomic E-state index is 0.00711. The summed E-state index contributed by atoms with van der Waals surface area (Å²) in [4.78, 5) is 37.2. The predicted molar refractivity (Wildman–Crippen MR) is 102 cm³/mol. The van der Waals surface area contributed by atoms with E-state index in [0.29, 0.717) is 6.54 Å². The third-order valence-corrected chi connectivity index (χ3v) is 4.80. The maximum atomic E-state index is 12.6. The summed E-state index contributed by atoms with van der Waals surface area (Å²) in [6.45, 7) is 0.476. The summed E-state index contributed by atoms with van der Waals surface area (Å²) < 4.78 is 4.93. The molecule has 0 aliphatic carbocycles. The zero-order valence-electron chi connectivity index (χ0n) is 15.5. The molecule has 1 N–H and O–H groups in total. The summed E-state index contributed by atoms with van der Waals surface area (Å²) in [6.07, 6.45) is 1.79. The fourth-order valence-electron chi connectivity index (χ4n) is 3.42. The Morgan fingerprint density at radius 3 is 2.68 bits per heavy atom. The molecule has 1 aliphatic rings. The second-order valence-electron chi connectivity index (χ2n) is 6.48. The molecule has 1 aliphatic heterocycles. The zero-order chi connectivity index (χ0) is 20.1. The van der Waals surface area contributed by atoms with Crippen LogP contribution in [0.15, 0.2) is 48.5 Å². The highest BCUT2D eigenvalue weighted by atomic mass is 16.6. The number of benzene rings is 2. The molecular weight excluding hydrogens is 362 g/mol. The number of nitrogens with one attached hydrogen (secondary N) is 1. The van der Waals surface area contributed by atoms with Gasteiger partial charge in [0.05, 0.1) is 24.6 Å². The molecule has 8 nitrogen and oxygen atoms in total. The molecule has 1 fully saturated rings. The van der Waals surface area contributed by atoms with E-state index in [9.17, 15) is 19.7 Å². The van der Waals surface area contributed by atoms with E-state index in [4.69, 9.17) is 4.74 Å². The van der Waals surface area contributed by atoms with Crippen LogP contribution in [0.25, 0.3) is 0 Å². The van der Waals surface area contributed by atoms with Gasteiger partial charge in [0.2, 0.25) is 5.91 Å². The van der Waals surface area contributed by atoms with Crippen LogP contribution in [0.5, 0.6) is 5.75 Å². The van der Waals surface area contributed by atoms with Gasteiger partial charge < -0.3 is 15.0 Å². The minimum Gasteiger partial charge on any atom is -0.490 e. The van der Waals surface area contributed by atoms with Crippen LogP contribution in [0.1, 0.15) is 34.8 Å². The van der Waals surface area contributed by atoms with Gasteiger partial charge in [-0.1, -0.05) is 30.3 Å². The Morgan fingerprint density at radius 1 is 1.25 bits per heavy atom. The Morgan fingerprint density at radius 2 is 2.00 bits per heavy atom. The lowest BCUT2D eigenvalue weighted by molar-refractivity contribution is -0.385. The topological polar surface area (TPSA) is 102 Å². The highest BCUT2D eigenvalue weighted by Crippen LogP contribution is 2.31. The van der Waals surface area contributed by atoms with Gasteiger partial charge in [-0.2, -0.15) is 0 Å². The summed E-state index contributed by atoms with van der Waals surface area (Å²) >= 11 is 0. The van der Waals surface area contributed by atoms with Crippen LogP contribution in [0, 0.1) is 10.1 Å². The molecule has 2 aromatic rings. The number of hydrogen-bond acceptors (Lipinski definition) is 5. The molecule has 3 rings (SSSR count). The van der Waals surface area contributed by atoms with Crippen molar-refractivity contribution >= 4 is 17.5 Å². The highest BCUT2D eigenvalue weighted by molar-refractivity contribution is 5.97. The SMILES string of the molecule is COc1ccc(C(=O)NCC(=O)N2CCCC2c2ccccc2)cc1[N+](=O)[O-]. The number of carbonyl (C=O) groups is 2. The predicted octanol–water partition coefficient (Wildman–Crippen LogP) is 2.70. The summed E-state index contributed by atoms with van der Waals surface area (Å²) in [5.74, 6) is -0.655. The molecule has 2 aromatic carbocycles. The Labute approximate surface area is 162 Å². The molecule has 0 bridgehead atoms.